The molecule has 0 aliphatic carbocycles. The van der Waals surface area contributed by atoms with E-state index in [9.17, 15) is 18.3 Å². The van der Waals surface area contributed by atoms with Crippen molar-refractivity contribution in [1.29, 1.82) is 5.41 Å². The Morgan fingerprint density at radius 3 is 2.59 bits per heavy atom. The van der Waals surface area contributed by atoms with Gasteiger partial charge in [0.25, 0.3) is 0 Å². The van der Waals surface area contributed by atoms with Crippen molar-refractivity contribution < 1.29 is 27.8 Å². The van der Waals surface area contributed by atoms with Crippen molar-refractivity contribution in [2.75, 3.05) is 27.3 Å². The van der Waals surface area contributed by atoms with Crippen LogP contribution in [0.2, 0.25) is 0 Å². The molecule has 2 N–H and O–H groups in total. The van der Waals surface area contributed by atoms with E-state index in [0.29, 0.717) is 46.3 Å². The summed E-state index contributed by atoms with van der Waals surface area (Å²) in [6, 6.07) is 10.5. The normalized spacial score (nSPS) is 14.1. The summed E-state index contributed by atoms with van der Waals surface area (Å²) in [6.07, 6.45) is -3.84. The Labute approximate surface area is 198 Å². The van der Waals surface area contributed by atoms with Gasteiger partial charge in [0.05, 0.1) is 37.6 Å². The molecule has 1 aliphatic rings. The third kappa shape index (κ3) is 4.72. The van der Waals surface area contributed by atoms with Crippen LogP contribution in [0, 0.1) is 5.41 Å². The third-order valence-electron chi connectivity index (χ3n) is 5.50. The minimum Gasteiger partial charge on any atom is -0.510 e. The molecule has 0 saturated heterocycles. The van der Waals surface area contributed by atoms with Crippen molar-refractivity contribution in [2.24, 2.45) is 0 Å². The van der Waals surface area contributed by atoms with Gasteiger partial charge in [-0.25, -0.2) is 4.98 Å². The fourth-order valence-electron chi connectivity index (χ4n) is 3.73. The lowest BCUT2D eigenvalue weighted by Gasteiger charge is -2.18. The molecule has 34 heavy (non-hydrogen) atoms. The summed E-state index contributed by atoms with van der Waals surface area (Å²) in [5.74, 6) is 1.38. The Bertz CT molecular complexity index is 1250. The molecule has 3 aromatic rings. The number of rotatable bonds is 7. The number of aliphatic hydroxyl groups excluding tert-OH is 1. The molecule has 2 heterocycles. The number of alkyl halides is 3. The number of thiazole rings is 1. The second-order valence-corrected chi connectivity index (χ2v) is 8.51. The number of aromatic nitrogens is 1. The third-order valence-corrected chi connectivity index (χ3v) is 6.36. The Morgan fingerprint density at radius 2 is 1.88 bits per heavy atom. The number of aliphatic hydroxyl groups is 1. The topological polar surface area (TPSA) is 78.7 Å². The largest absolute Gasteiger partial charge is 0.510 e. The highest BCUT2D eigenvalue weighted by Crippen LogP contribution is 2.35. The number of nitrogens with one attached hydrogen (secondary N) is 1. The molecule has 6 nitrogen and oxygen atoms in total. The van der Waals surface area contributed by atoms with Gasteiger partial charge in [0.1, 0.15) is 16.6 Å². The van der Waals surface area contributed by atoms with Gasteiger partial charge in [-0.2, -0.15) is 13.2 Å². The number of ether oxygens (including phenoxy) is 2. The van der Waals surface area contributed by atoms with Crippen LogP contribution in [0.15, 0.2) is 53.6 Å². The maximum Gasteiger partial charge on any atom is 0.416 e. The molecule has 0 radical (unpaired) electrons. The van der Waals surface area contributed by atoms with Crippen LogP contribution in [0.3, 0.4) is 0 Å². The molecule has 10 heteroatoms. The summed E-state index contributed by atoms with van der Waals surface area (Å²) in [6.45, 7) is 0.646. The molecule has 0 atom stereocenters. The molecule has 2 aromatic carbocycles. The molecular formula is C24H22F3N3O3S. The van der Waals surface area contributed by atoms with E-state index in [0.717, 1.165) is 17.7 Å². The van der Waals surface area contributed by atoms with Gasteiger partial charge in [0, 0.05) is 17.5 Å². The predicted molar refractivity (Wildman–Crippen MR) is 125 cm³/mol. The first kappa shape index (κ1) is 23.6. The van der Waals surface area contributed by atoms with E-state index in [2.05, 4.69) is 4.98 Å². The van der Waals surface area contributed by atoms with Gasteiger partial charge < -0.3 is 19.5 Å². The monoisotopic (exact) mass is 489 g/mol. The number of hydrogen-bond acceptors (Lipinski definition) is 6. The van der Waals surface area contributed by atoms with Crippen LogP contribution in [0.25, 0.3) is 16.8 Å². The molecule has 0 amide bonds. The van der Waals surface area contributed by atoms with Crippen LogP contribution in [0.1, 0.15) is 16.1 Å². The van der Waals surface area contributed by atoms with Gasteiger partial charge in [-0.1, -0.05) is 18.2 Å². The van der Waals surface area contributed by atoms with E-state index >= 15 is 0 Å². The van der Waals surface area contributed by atoms with Crippen molar-refractivity contribution in [3.8, 4) is 22.8 Å². The highest BCUT2D eigenvalue weighted by Gasteiger charge is 2.32. The first-order chi connectivity index (χ1) is 16.2. The van der Waals surface area contributed by atoms with Crippen LogP contribution in [-0.2, 0) is 12.6 Å². The smallest absolute Gasteiger partial charge is 0.416 e. The summed E-state index contributed by atoms with van der Waals surface area (Å²) in [7, 11) is 3.13. The maximum atomic E-state index is 13.1. The van der Waals surface area contributed by atoms with Gasteiger partial charge in [-0.05, 0) is 36.2 Å². The summed E-state index contributed by atoms with van der Waals surface area (Å²) < 4.78 is 49.7. The van der Waals surface area contributed by atoms with Gasteiger partial charge in [-0.3, -0.25) is 5.41 Å². The van der Waals surface area contributed by atoms with Crippen LogP contribution in [-0.4, -0.2) is 48.1 Å². The Kier molecular flexibility index (Phi) is 6.52. The van der Waals surface area contributed by atoms with E-state index in [4.69, 9.17) is 14.9 Å². The standard InChI is InChI=1S/C24H22F3N3O3S/c1-32-19-7-6-14(10-20(19)33-2)8-9-30-12-18(31)21(22(30)28)23-29-17(13-34-23)15-4-3-5-16(11-15)24(25,26)27/h3-7,10-11,13,28,31H,8-9,12H2,1-2H3. The van der Waals surface area contributed by atoms with Crippen molar-refractivity contribution in [1.82, 2.24) is 9.88 Å². The summed E-state index contributed by atoms with van der Waals surface area (Å²) in [4.78, 5) is 6.15. The zero-order valence-corrected chi connectivity index (χ0v) is 19.3. The average molecular weight is 490 g/mol. The molecule has 1 aromatic heterocycles. The van der Waals surface area contributed by atoms with Crippen molar-refractivity contribution >= 4 is 22.7 Å². The lowest BCUT2D eigenvalue weighted by atomic mass is 10.1. The minimum atomic E-state index is -4.45. The number of hydrogen-bond donors (Lipinski definition) is 2. The first-order valence-corrected chi connectivity index (χ1v) is 11.2. The summed E-state index contributed by atoms with van der Waals surface area (Å²) in [5, 5.41) is 21.1. The molecule has 4 rings (SSSR count). The second kappa shape index (κ2) is 9.38. The zero-order chi connectivity index (χ0) is 24.5. The minimum absolute atomic E-state index is 0.0160. The zero-order valence-electron chi connectivity index (χ0n) is 18.4. The number of nitrogens with zero attached hydrogens (tertiary/aromatic N) is 2. The molecule has 1 aliphatic heterocycles. The van der Waals surface area contributed by atoms with Crippen molar-refractivity contribution in [3.63, 3.8) is 0 Å². The SMILES string of the molecule is COc1ccc(CCN2CC(O)=C(c3nc(-c4cccc(C(F)(F)F)c4)cs3)C2=N)cc1OC. The highest BCUT2D eigenvalue weighted by atomic mass is 32.1. The van der Waals surface area contributed by atoms with Crippen LogP contribution in [0.4, 0.5) is 13.2 Å². The van der Waals surface area contributed by atoms with Gasteiger partial charge in [-0.15, -0.1) is 11.3 Å². The first-order valence-electron chi connectivity index (χ1n) is 10.3. The Hall–Kier alpha value is -3.53. The van der Waals surface area contributed by atoms with Crippen LogP contribution < -0.4 is 9.47 Å². The fourth-order valence-corrected chi connectivity index (χ4v) is 4.62. The predicted octanol–water partition coefficient (Wildman–Crippen LogP) is 5.65. The quantitative estimate of drug-likeness (QED) is 0.448. The van der Waals surface area contributed by atoms with E-state index in [1.165, 1.54) is 17.4 Å². The molecule has 0 fully saturated rings. The second-order valence-electron chi connectivity index (χ2n) is 7.65. The van der Waals surface area contributed by atoms with Crippen LogP contribution in [0.5, 0.6) is 11.5 Å². The lowest BCUT2D eigenvalue weighted by molar-refractivity contribution is -0.137. The van der Waals surface area contributed by atoms with Gasteiger partial charge in [0.15, 0.2) is 11.5 Å². The van der Waals surface area contributed by atoms with Crippen molar-refractivity contribution in [2.45, 2.75) is 12.6 Å². The average Bonchev–Trinajstić information content (AvgIpc) is 3.41. The maximum absolute atomic E-state index is 13.1. The summed E-state index contributed by atoms with van der Waals surface area (Å²) in [5.41, 5.74) is 1.22. The van der Waals surface area contributed by atoms with Crippen LogP contribution >= 0.6 is 11.3 Å². The Balaban J connectivity index is 1.48. The number of benzene rings is 2. The number of methoxy groups -OCH3 is 2. The molecule has 0 spiro atoms. The summed E-state index contributed by atoms with van der Waals surface area (Å²) >= 11 is 1.18. The molecular weight excluding hydrogens is 467 g/mol. The lowest BCUT2D eigenvalue weighted by Crippen LogP contribution is -2.28. The molecule has 0 unspecified atom stereocenters. The van der Waals surface area contributed by atoms with Gasteiger partial charge in [0.2, 0.25) is 0 Å². The highest BCUT2D eigenvalue weighted by molar-refractivity contribution is 7.11. The molecule has 0 saturated carbocycles. The fraction of sp³-hybridized carbons (Fsp3) is 0.250. The van der Waals surface area contributed by atoms with Gasteiger partial charge >= 0.3 is 6.18 Å². The van der Waals surface area contributed by atoms with E-state index in [-0.39, 0.29) is 18.1 Å². The molecule has 178 valence electrons. The van der Waals surface area contributed by atoms with E-state index < -0.39 is 11.7 Å². The van der Waals surface area contributed by atoms with E-state index in [1.807, 2.05) is 18.2 Å². The molecule has 0 bridgehead atoms. The van der Waals surface area contributed by atoms with Crippen molar-refractivity contribution in [3.05, 3.63) is 69.7 Å². The Morgan fingerprint density at radius 1 is 1.12 bits per heavy atom. The number of halogens is 3. The number of amidine groups is 1. The van der Waals surface area contributed by atoms with E-state index in [1.54, 1.807) is 30.6 Å².